The standard InChI is InChI=1S/C17H24N2O5/c1-12-14(17(22)23)9-13(24-12)10-18(2)16(21)11-19-8-6-4-3-5-7-15(19)20/h9H,3-8,10-11H2,1-2H3,(H,22,23). The minimum absolute atomic E-state index is 0.0263. The van der Waals surface area contributed by atoms with E-state index in [4.69, 9.17) is 9.52 Å². The number of aryl methyl sites for hydroxylation is 1. The maximum Gasteiger partial charge on any atom is 0.339 e. The van der Waals surface area contributed by atoms with Gasteiger partial charge in [-0.3, -0.25) is 9.59 Å². The molecule has 1 aromatic heterocycles. The van der Waals surface area contributed by atoms with Gasteiger partial charge in [-0.2, -0.15) is 0 Å². The lowest BCUT2D eigenvalue weighted by atomic mass is 10.1. The Morgan fingerprint density at radius 1 is 1.29 bits per heavy atom. The molecule has 0 unspecified atom stereocenters. The number of nitrogens with zero attached hydrogens (tertiary/aromatic N) is 2. The highest BCUT2D eigenvalue weighted by atomic mass is 16.4. The average molecular weight is 336 g/mol. The van der Waals surface area contributed by atoms with E-state index in [0.29, 0.717) is 24.5 Å². The van der Waals surface area contributed by atoms with Gasteiger partial charge in [-0.1, -0.05) is 12.8 Å². The van der Waals surface area contributed by atoms with Crippen molar-refractivity contribution in [1.29, 1.82) is 0 Å². The minimum Gasteiger partial charge on any atom is -0.478 e. The highest BCUT2D eigenvalue weighted by Crippen LogP contribution is 2.16. The lowest BCUT2D eigenvalue weighted by Crippen LogP contribution is -2.42. The summed E-state index contributed by atoms with van der Waals surface area (Å²) in [5.74, 6) is -0.479. The van der Waals surface area contributed by atoms with E-state index in [9.17, 15) is 14.4 Å². The molecule has 0 spiro atoms. The van der Waals surface area contributed by atoms with Crippen LogP contribution in [0.25, 0.3) is 0 Å². The molecule has 0 radical (unpaired) electrons. The van der Waals surface area contributed by atoms with E-state index < -0.39 is 5.97 Å². The van der Waals surface area contributed by atoms with Gasteiger partial charge in [0.25, 0.3) is 0 Å². The number of likely N-dealkylation sites (N-methyl/N-ethyl adjacent to an activating group) is 1. The first-order chi connectivity index (χ1) is 11.4. The van der Waals surface area contributed by atoms with Gasteiger partial charge in [0.2, 0.25) is 11.8 Å². The molecule has 1 saturated heterocycles. The maximum atomic E-state index is 12.4. The summed E-state index contributed by atoms with van der Waals surface area (Å²) < 4.78 is 5.39. The van der Waals surface area contributed by atoms with Crippen LogP contribution in [0.2, 0.25) is 0 Å². The number of hydrogen-bond acceptors (Lipinski definition) is 4. The zero-order chi connectivity index (χ0) is 17.7. The van der Waals surface area contributed by atoms with E-state index in [1.165, 1.54) is 11.0 Å². The Kier molecular flexibility index (Phi) is 6.00. The number of carbonyl (C=O) groups is 3. The molecule has 0 atom stereocenters. The molecule has 0 aromatic carbocycles. The molecular formula is C17H24N2O5. The number of aromatic carboxylic acids is 1. The Hall–Kier alpha value is -2.31. The summed E-state index contributed by atoms with van der Waals surface area (Å²) in [5.41, 5.74) is 0.102. The van der Waals surface area contributed by atoms with Crippen LogP contribution >= 0.6 is 0 Å². The van der Waals surface area contributed by atoms with Gasteiger partial charge in [-0.05, 0) is 25.8 Å². The van der Waals surface area contributed by atoms with Crippen LogP contribution in [0.1, 0.15) is 54.0 Å². The van der Waals surface area contributed by atoms with E-state index >= 15 is 0 Å². The van der Waals surface area contributed by atoms with Gasteiger partial charge >= 0.3 is 5.97 Å². The third-order valence-corrected chi connectivity index (χ3v) is 4.27. The van der Waals surface area contributed by atoms with Gasteiger partial charge in [0.1, 0.15) is 17.1 Å². The Morgan fingerprint density at radius 3 is 2.67 bits per heavy atom. The van der Waals surface area contributed by atoms with Gasteiger partial charge < -0.3 is 19.3 Å². The van der Waals surface area contributed by atoms with Crippen LogP contribution < -0.4 is 0 Å². The minimum atomic E-state index is -1.05. The first kappa shape index (κ1) is 18.0. The first-order valence-corrected chi connectivity index (χ1v) is 8.23. The van der Waals surface area contributed by atoms with Crippen molar-refractivity contribution in [3.8, 4) is 0 Å². The zero-order valence-corrected chi connectivity index (χ0v) is 14.2. The number of likely N-dealkylation sites (tertiary alicyclic amines) is 1. The molecule has 2 rings (SSSR count). The van der Waals surface area contributed by atoms with Crippen LogP contribution in [0.15, 0.2) is 10.5 Å². The Balaban J connectivity index is 1.94. The van der Waals surface area contributed by atoms with Crippen molar-refractivity contribution in [2.45, 2.75) is 45.6 Å². The van der Waals surface area contributed by atoms with Crippen LogP contribution in [0.3, 0.4) is 0 Å². The molecule has 0 bridgehead atoms. The highest BCUT2D eigenvalue weighted by molar-refractivity contribution is 5.89. The Morgan fingerprint density at radius 2 is 2.00 bits per heavy atom. The number of furan rings is 1. The monoisotopic (exact) mass is 336 g/mol. The van der Waals surface area contributed by atoms with Gasteiger partial charge in [-0.25, -0.2) is 4.79 Å². The van der Waals surface area contributed by atoms with Gasteiger partial charge in [0.05, 0.1) is 13.1 Å². The second-order valence-corrected chi connectivity index (χ2v) is 6.22. The second kappa shape index (κ2) is 7.99. The van der Waals surface area contributed by atoms with E-state index in [0.717, 1.165) is 25.7 Å². The molecule has 1 aromatic rings. The lowest BCUT2D eigenvalue weighted by Gasteiger charge is -2.26. The van der Waals surface area contributed by atoms with E-state index in [1.807, 2.05) is 0 Å². The summed E-state index contributed by atoms with van der Waals surface area (Å²) in [5, 5.41) is 9.03. The van der Waals surface area contributed by atoms with Crippen molar-refractivity contribution in [3.05, 3.63) is 23.2 Å². The summed E-state index contributed by atoms with van der Waals surface area (Å²) >= 11 is 0. The van der Waals surface area contributed by atoms with Crippen LogP contribution in [-0.2, 0) is 16.1 Å². The van der Waals surface area contributed by atoms with Crippen molar-refractivity contribution < 1.29 is 23.9 Å². The molecule has 1 N–H and O–H groups in total. The number of carbonyl (C=O) groups excluding carboxylic acids is 2. The number of carboxylic acid groups (broad SMARTS) is 1. The molecule has 2 amide bonds. The van der Waals surface area contributed by atoms with Gasteiger partial charge in [-0.15, -0.1) is 0 Å². The normalized spacial score (nSPS) is 15.8. The summed E-state index contributed by atoms with van der Waals surface area (Å²) in [6.45, 7) is 2.42. The summed E-state index contributed by atoms with van der Waals surface area (Å²) in [7, 11) is 1.62. The molecule has 0 aliphatic carbocycles. The van der Waals surface area contributed by atoms with Crippen molar-refractivity contribution in [1.82, 2.24) is 9.80 Å². The molecule has 0 saturated carbocycles. The third-order valence-electron chi connectivity index (χ3n) is 4.27. The fraction of sp³-hybridized carbons (Fsp3) is 0.588. The summed E-state index contributed by atoms with van der Waals surface area (Å²) in [6, 6.07) is 1.43. The third kappa shape index (κ3) is 4.59. The summed E-state index contributed by atoms with van der Waals surface area (Å²) in [4.78, 5) is 38.5. The van der Waals surface area contributed by atoms with Gasteiger partial charge in [0, 0.05) is 20.0 Å². The average Bonchev–Trinajstić information content (AvgIpc) is 2.87. The number of rotatable bonds is 5. The Bertz CT molecular complexity index is 622. The summed E-state index contributed by atoms with van der Waals surface area (Å²) in [6.07, 6.45) is 4.44. The molecule has 24 heavy (non-hydrogen) atoms. The molecular weight excluding hydrogens is 312 g/mol. The fourth-order valence-corrected chi connectivity index (χ4v) is 2.82. The number of carboxylic acids is 1. The molecule has 1 fully saturated rings. The van der Waals surface area contributed by atoms with Crippen molar-refractivity contribution in [2.24, 2.45) is 0 Å². The fourth-order valence-electron chi connectivity index (χ4n) is 2.82. The predicted molar refractivity (Wildman–Crippen MR) is 86.5 cm³/mol. The largest absolute Gasteiger partial charge is 0.478 e. The van der Waals surface area contributed by atoms with Crippen molar-refractivity contribution in [3.63, 3.8) is 0 Å². The molecule has 132 valence electrons. The van der Waals surface area contributed by atoms with Crippen LogP contribution in [0.4, 0.5) is 0 Å². The van der Waals surface area contributed by atoms with Crippen LogP contribution in [0.5, 0.6) is 0 Å². The quantitative estimate of drug-likeness (QED) is 0.888. The van der Waals surface area contributed by atoms with E-state index in [-0.39, 0.29) is 30.5 Å². The topological polar surface area (TPSA) is 91.1 Å². The number of amides is 2. The molecule has 2 heterocycles. The van der Waals surface area contributed by atoms with Crippen LogP contribution in [0, 0.1) is 6.92 Å². The zero-order valence-electron chi connectivity index (χ0n) is 14.2. The second-order valence-electron chi connectivity index (χ2n) is 6.22. The van der Waals surface area contributed by atoms with Crippen molar-refractivity contribution in [2.75, 3.05) is 20.1 Å². The first-order valence-electron chi connectivity index (χ1n) is 8.23. The van der Waals surface area contributed by atoms with Crippen molar-refractivity contribution >= 4 is 17.8 Å². The molecule has 1 aliphatic rings. The molecule has 7 heteroatoms. The van der Waals surface area contributed by atoms with Crippen LogP contribution in [-0.4, -0.2) is 52.8 Å². The number of hydrogen-bond donors (Lipinski definition) is 1. The van der Waals surface area contributed by atoms with E-state index in [1.54, 1.807) is 18.9 Å². The highest BCUT2D eigenvalue weighted by Gasteiger charge is 2.22. The molecule has 1 aliphatic heterocycles. The lowest BCUT2D eigenvalue weighted by molar-refractivity contribution is -0.140. The SMILES string of the molecule is Cc1oc(CN(C)C(=O)CN2CCCCCCC2=O)cc1C(=O)O. The predicted octanol–water partition coefficient (Wildman–Crippen LogP) is 2.04. The Labute approximate surface area is 141 Å². The molecule has 7 nitrogen and oxygen atoms in total. The maximum absolute atomic E-state index is 12.4. The van der Waals surface area contributed by atoms with E-state index in [2.05, 4.69) is 0 Å². The smallest absolute Gasteiger partial charge is 0.339 e. The van der Waals surface area contributed by atoms with Gasteiger partial charge in [0.15, 0.2) is 0 Å².